The summed E-state index contributed by atoms with van der Waals surface area (Å²) in [6.07, 6.45) is 1.01. The maximum atomic E-state index is 12.5. The van der Waals surface area contributed by atoms with E-state index in [1.807, 2.05) is 56.3 Å². The molecular weight excluding hydrogens is 340 g/mol. The van der Waals surface area contributed by atoms with Crippen LogP contribution in [-0.2, 0) is 16.0 Å². The summed E-state index contributed by atoms with van der Waals surface area (Å²) in [5.41, 5.74) is 4.28. The highest BCUT2D eigenvalue weighted by molar-refractivity contribution is 6.00. The summed E-state index contributed by atoms with van der Waals surface area (Å²) >= 11 is 0. The molecule has 2 aromatic carbocycles. The highest BCUT2D eigenvalue weighted by atomic mass is 16.5. The van der Waals surface area contributed by atoms with Crippen LogP contribution >= 0.6 is 0 Å². The number of anilines is 1. The molecule has 142 valence electrons. The lowest BCUT2D eigenvalue weighted by Gasteiger charge is -2.20. The Morgan fingerprint density at radius 2 is 1.93 bits per heavy atom. The first-order valence-electron chi connectivity index (χ1n) is 9.27. The van der Waals surface area contributed by atoms with Crippen molar-refractivity contribution in [1.82, 2.24) is 5.32 Å². The zero-order valence-electron chi connectivity index (χ0n) is 16.1. The molecule has 5 heteroatoms. The van der Waals surface area contributed by atoms with Crippen LogP contribution in [0, 0.1) is 19.8 Å². The predicted octanol–water partition coefficient (Wildman–Crippen LogP) is 3.02. The number of nitrogens with zero attached hydrogens (tertiary/aromatic N) is 1. The monoisotopic (exact) mass is 366 g/mol. The fraction of sp³-hybridized carbons (Fsp3) is 0.364. The van der Waals surface area contributed by atoms with Gasteiger partial charge in [0, 0.05) is 25.2 Å². The average Bonchev–Trinajstić information content (AvgIpc) is 3.06. The van der Waals surface area contributed by atoms with Crippen molar-refractivity contribution in [2.45, 2.75) is 26.7 Å². The first kappa shape index (κ1) is 19.0. The van der Waals surface area contributed by atoms with Crippen LogP contribution in [0.5, 0.6) is 5.75 Å². The first-order chi connectivity index (χ1) is 13.0. The number of amides is 2. The van der Waals surface area contributed by atoms with Crippen molar-refractivity contribution in [2.24, 2.45) is 5.92 Å². The van der Waals surface area contributed by atoms with Crippen molar-refractivity contribution in [3.63, 3.8) is 0 Å². The lowest BCUT2D eigenvalue weighted by atomic mass is 10.1. The topological polar surface area (TPSA) is 58.6 Å². The first-order valence-corrected chi connectivity index (χ1v) is 9.27. The van der Waals surface area contributed by atoms with Gasteiger partial charge in [0.25, 0.3) is 0 Å². The molecule has 1 aliphatic rings. The van der Waals surface area contributed by atoms with Crippen LogP contribution in [0.1, 0.15) is 23.1 Å². The number of methoxy groups -OCH3 is 1. The van der Waals surface area contributed by atoms with Crippen molar-refractivity contribution >= 4 is 17.5 Å². The fourth-order valence-corrected chi connectivity index (χ4v) is 3.41. The van der Waals surface area contributed by atoms with Gasteiger partial charge < -0.3 is 15.0 Å². The highest BCUT2D eigenvalue weighted by Crippen LogP contribution is 2.29. The molecule has 0 aromatic heterocycles. The normalized spacial score (nSPS) is 16.5. The van der Waals surface area contributed by atoms with Gasteiger partial charge in [-0.1, -0.05) is 24.3 Å². The van der Waals surface area contributed by atoms with E-state index in [2.05, 4.69) is 5.32 Å². The molecule has 1 aliphatic heterocycles. The van der Waals surface area contributed by atoms with Gasteiger partial charge in [0.2, 0.25) is 11.8 Å². The lowest BCUT2D eigenvalue weighted by Crippen LogP contribution is -2.34. The number of benzene rings is 2. The average molecular weight is 366 g/mol. The summed E-state index contributed by atoms with van der Waals surface area (Å²) in [4.78, 5) is 26.7. The molecule has 5 nitrogen and oxygen atoms in total. The van der Waals surface area contributed by atoms with Gasteiger partial charge in [-0.15, -0.1) is 0 Å². The maximum Gasteiger partial charge on any atom is 0.227 e. The van der Waals surface area contributed by atoms with Crippen LogP contribution in [-0.4, -0.2) is 32.0 Å². The van der Waals surface area contributed by atoms with Crippen molar-refractivity contribution < 1.29 is 14.3 Å². The Morgan fingerprint density at radius 3 is 2.63 bits per heavy atom. The number of rotatable bonds is 6. The molecule has 1 N–H and O–H groups in total. The quantitative estimate of drug-likeness (QED) is 0.855. The Morgan fingerprint density at radius 1 is 1.19 bits per heavy atom. The second-order valence-corrected chi connectivity index (χ2v) is 7.01. The third-order valence-corrected chi connectivity index (χ3v) is 5.23. The zero-order valence-corrected chi connectivity index (χ0v) is 16.1. The number of hydrogen-bond acceptors (Lipinski definition) is 3. The van der Waals surface area contributed by atoms with Gasteiger partial charge in [0.1, 0.15) is 5.75 Å². The van der Waals surface area contributed by atoms with Gasteiger partial charge >= 0.3 is 0 Å². The molecule has 0 radical (unpaired) electrons. The summed E-state index contributed by atoms with van der Waals surface area (Å²) in [5, 5.41) is 2.97. The van der Waals surface area contributed by atoms with E-state index in [1.165, 1.54) is 0 Å². The van der Waals surface area contributed by atoms with Crippen LogP contribution in [0.3, 0.4) is 0 Å². The van der Waals surface area contributed by atoms with Gasteiger partial charge in [0.05, 0.1) is 13.0 Å². The summed E-state index contributed by atoms with van der Waals surface area (Å²) in [6, 6.07) is 13.7. The van der Waals surface area contributed by atoms with Crippen LogP contribution in [0.4, 0.5) is 5.69 Å². The third kappa shape index (κ3) is 4.30. The largest absolute Gasteiger partial charge is 0.497 e. The number of aryl methyl sites for hydroxylation is 1. The van der Waals surface area contributed by atoms with E-state index in [-0.39, 0.29) is 24.2 Å². The van der Waals surface area contributed by atoms with Crippen molar-refractivity contribution in [1.29, 1.82) is 0 Å². The second-order valence-electron chi connectivity index (χ2n) is 7.01. The minimum atomic E-state index is -0.298. The summed E-state index contributed by atoms with van der Waals surface area (Å²) in [5.74, 6) is 0.482. The zero-order chi connectivity index (χ0) is 19.4. The van der Waals surface area contributed by atoms with E-state index < -0.39 is 0 Å². The standard InChI is InChI=1S/C22H26N2O3/c1-15-5-4-6-20(16(15)2)24-14-18(13-21(24)25)22(26)23-12-11-17-7-9-19(27-3)10-8-17/h4-10,18H,11-14H2,1-3H3,(H,23,26). The number of hydrogen-bond donors (Lipinski definition) is 1. The van der Waals surface area contributed by atoms with Crippen LogP contribution in [0.15, 0.2) is 42.5 Å². The molecule has 2 amide bonds. The molecule has 1 fully saturated rings. The van der Waals surface area contributed by atoms with Crippen molar-refractivity contribution in [2.75, 3.05) is 25.1 Å². The highest BCUT2D eigenvalue weighted by Gasteiger charge is 2.35. The second kappa shape index (κ2) is 8.25. The summed E-state index contributed by atoms with van der Waals surface area (Å²) in [6.45, 7) is 5.04. The van der Waals surface area contributed by atoms with E-state index >= 15 is 0 Å². The van der Waals surface area contributed by atoms with E-state index in [0.717, 1.165) is 34.5 Å². The Kier molecular flexibility index (Phi) is 5.79. The molecule has 27 heavy (non-hydrogen) atoms. The van der Waals surface area contributed by atoms with Gasteiger partial charge in [-0.25, -0.2) is 0 Å². The van der Waals surface area contributed by atoms with Gasteiger partial charge in [-0.2, -0.15) is 0 Å². The minimum absolute atomic E-state index is 0.0130. The number of nitrogens with one attached hydrogen (secondary N) is 1. The van der Waals surface area contributed by atoms with E-state index in [9.17, 15) is 9.59 Å². The molecular formula is C22H26N2O3. The van der Waals surface area contributed by atoms with Crippen molar-refractivity contribution in [3.8, 4) is 5.75 Å². The van der Waals surface area contributed by atoms with Gasteiger partial charge in [0.15, 0.2) is 0 Å². The molecule has 1 atom stereocenters. The molecule has 1 heterocycles. The molecule has 1 unspecified atom stereocenters. The number of ether oxygens (including phenoxy) is 1. The Bertz CT molecular complexity index is 830. The van der Waals surface area contributed by atoms with E-state index in [4.69, 9.17) is 4.74 Å². The Labute approximate surface area is 160 Å². The summed E-state index contributed by atoms with van der Waals surface area (Å²) < 4.78 is 5.15. The smallest absolute Gasteiger partial charge is 0.227 e. The molecule has 2 aromatic rings. The third-order valence-electron chi connectivity index (χ3n) is 5.23. The van der Waals surface area contributed by atoms with Crippen LogP contribution in [0.25, 0.3) is 0 Å². The molecule has 0 saturated carbocycles. The van der Waals surface area contributed by atoms with Gasteiger partial charge in [-0.3, -0.25) is 9.59 Å². The predicted molar refractivity (Wildman–Crippen MR) is 106 cm³/mol. The van der Waals surface area contributed by atoms with E-state index in [0.29, 0.717) is 13.1 Å². The molecule has 3 rings (SSSR count). The van der Waals surface area contributed by atoms with Gasteiger partial charge in [-0.05, 0) is 55.2 Å². The minimum Gasteiger partial charge on any atom is -0.497 e. The van der Waals surface area contributed by atoms with E-state index in [1.54, 1.807) is 12.0 Å². The Balaban J connectivity index is 1.55. The van der Waals surface area contributed by atoms with Crippen LogP contribution in [0.2, 0.25) is 0 Å². The maximum absolute atomic E-state index is 12.5. The molecule has 1 saturated heterocycles. The molecule has 0 bridgehead atoms. The van der Waals surface area contributed by atoms with Crippen molar-refractivity contribution in [3.05, 3.63) is 59.2 Å². The number of carbonyl (C=O) groups excluding carboxylic acids is 2. The fourth-order valence-electron chi connectivity index (χ4n) is 3.41. The molecule has 0 aliphatic carbocycles. The van der Waals surface area contributed by atoms with Crippen LogP contribution < -0.4 is 15.0 Å². The summed E-state index contributed by atoms with van der Waals surface area (Å²) in [7, 11) is 1.64. The SMILES string of the molecule is COc1ccc(CCNC(=O)C2CC(=O)N(c3cccc(C)c3C)C2)cc1. The molecule has 0 spiro atoms. The lowest BCUT2D eigenvalue weighted by molar-refractivity contribution is -0.126. The Hall–Kier alpha value is -2.82. The number of carbonyl (C=O) groups is 2.